The first-order valence-corrected chi connectivity index (χ1v) is 8.98. The number of nitrogens with zero attached hydrogens (tertiary/aromatic N) is 2. The summed E-state index contributed by atoms with van der Waals surface area (Å²) in [4.78, 5) is 29.6. The predicted molar refractivity (Wildman–Crippen MR) is 87.2 cm³/mol. The molecule has 0 aliphatic carbocycles. The summed E-state index contributed by atoms with van der Waals surface area (Å²) in [5, 5.41) is 6.01. The van der Waals surface area contributed by atoms with Gasteiger partial charge in [0.15, 0.2) is 12.4 Å². The highest BCUT2D eigenvalue weighted by atomic mass is 79.9. The molecular weight excluding hydrogens is 431 g/mol. The maximum absolute atomic E-state index is 13.8. The van der Waals surface area contributed by atoms with Gasteiger partial charge in [-0.1, -0.05) is 17.7 Å². The second kappa shape index (κ2) is 7.30. The molecule has 24 heavy (non-hydrogen) atoms. The molecular formula is C12H11BrClFN3O5P. The Labute approximate surface area is 148 Å². The van der Waals surface area contributed by atoms with Crippen LogP contribution in [0.5, 0.6) is 0 Å². The van der Waals surface area contributed by atoms with Crippen LogP contribution < -0.4 is 5.32 Å². The average molecular weight is 443 g/mol. The maximum Gasteiger partial charge on any atom is 0.471 e. The van der Waals surface area contributed by atoms with Gasteiger partial charge >= 0.3 is 7.82 Å². The molecule has 0 aliphatic rings. The second-order valence-corrected chi connectivity index (χ2v) is 7.03. The van der Waals surface area contributed by atoms with Crippen molar-refractivity contribution in [1.82, 2.24) is 9.78 Å². The number of carbonyl (C=O) groups excluding carboxylic acids is 1. The lowest BCUT2D eigenvalue weighted by Gasteiger charge is -2.06. The van der Waals surface area contributed by atoms with Crippen LogP contribution >= 0.6 is 35.4 Å². The molecule has 0 bridgehead atoms. The van der Waals surface area contributed by atoms with Crippen molar-refractivity contribution in [3.63, 3.8) is 0 Å². The number of benzene rings is 1. The van der Waals surface area contributed by atoms with Crippen LogP contribution in [0.1, 0.15) is 16.1 Å². The molecule has 0 atom stereocenters. The van der Waals surface area contributed by atoms with E-state index in [1.807, 2.05) is 0 Å². The molecule has 0 spiro atoms. The number of phosphoric acid groups is 1. The zero-order chi connectivity index (χ0) is 18.1. The average Bonchev–Trinajstić information content (AvgIpc) is 2.75. The van der Waals surface area contributed by atoms with Crippen molar-refractivity contribution in [3.8, 4) is 0 Å². The second-order valence-electron chi connectivity index (χ2n) is 4.64. The van der Waals surface area contributed by atoms with Crippen molar-refractivity contribution in [2.45, 2.75) is 13.7 Å². The van der Waals surface area contributed by atoms with Crippen LogP contribution in [0, 0.1) is 12.7 Å². The van der Waals surface area contributed by atoms with Crippen molar-refractivity contribution in [2.75, 3.05) is 5.32 Å². The molecule has 0 unspecified atom stereocenters. The SMILES string of the molecule is Cc1ccc(NC(=O)c2nn(COP(=O)(O)O)c(Cl)c2Br)c(F)c1. The standard InChI is InChI=1S/C12H11BrClFN3O5P/c1-6-2-3-8(7(15)4-6)16-12(19)10-9(13)11(14)18(17-10)5-23-24(20,21)22/h2-4H,5H2,1H3,(H,16,19)(H2,20,21,22). The summed E-state index contributed by atoms with van der Waals surface area (Å²) in [5.41, 5.74) is 0.442. The Balaban J connectivity index is 2.22. The Morgan fingerprint density at radius 3 is 2.79 bits per heavy atom. The zero-order valence-corrected chi connectivity index (χ0v) is 15.3. The fourth-order valence-corrected chi connectivity index (χ4v) is 2.58. The van der Waals surface area contributed by atoms with Crippen LogP contribution in [0.3, 0.4) is 0 Å². The molecule has 1 amide bonds. The highest BCUT2D eigenvalue weighted by Crippen LogP contribution is 2.37. The van der Waals surface area contributed by atoms with Crippen LogP contribution in [0.15, 0.2) is 22.7 Å². The number of rotatable bonds is 5. The van der Waals surface area contributed by atoms with Gasteiger partial charge in [-0.05, 0) is 40.5 Å². The lowest BCUT2D eigenvalue weighted by molar-refractivity contribution is 0.101. The lowest BCUT2D eigenvalue weighted by Crippen LogP contribution is -2.15. The van der Waals surface area contributed by atoms with E-state index in [9.17, 15) is 13.8 Å². The molecule has 0 fully saturated rings. The van der Waals surface area contributed by atoms with Crippen molar-refractivity contribution >= 4 is 46.9 Å². The molecule has 0 radical (unpaired) electrons. The van der Waals surface area contributed by atoms with Gasteiger partial charge in [0, 0.05) is 0 Å². The number of aryl methyl sites for hydroxylation is 1. The minimum atomic E-state index is -4.73. The molecule has 1 heterocycles. The molecule has 2 rings (SSSR count). The molecule has 3 N–H and O–H groups in total. The maximum atomic E-state index is 13.8. The van der Waals surface area contributed by atoms with Gasteiger partial charge < -0.3 is 15.1 Å². The summed E-state index contributed by atoms with van der Waals surface area (Å²) >= 11 is 8.95. The number of nitrogens with one attached hydrogen (secondary N) is 1. The van der Waals surface area contributed by atoms with Crippen LogP contribution in [0.2, 0.25) is 5.15 Å². The number of aromatic nitrogens is 2. The van der Waals surface area contributed by atoms with E-state index < -0.39 is 26.3 Å². The van der Waals surface area contributed by atoms with E-state index in [1.54, 1.807) is 13.0 Å². The first kappa shape index (κ1) is 19.0. The Hall–Kier alpha value is -1.29. The fourth-order valence-electron chi connectivity index (χ4n) is 1.68. The van der Waals surface area contributed by atoms with Crippen molar-refractivity contribution in [3.05, 3.63) is 44.9 Å². The highest BCUT2D eigenvalue weighted by molar-refractivity contribution is 9.10. The molecule has 8 nitrogen and oxygen atoms in total. The highest BCUT2D eigenvalue weighted by Gasteiger charge is 2.23. The van der Waals surface area contributed by atoms with E-state index in [0.29, 0.717) is 5.56 Å². The van der Waals surface area contributed by atoms with E-state index in [0.717, 1.165) is 4.68 Å². The minimum absolute atomic E-state index is 0.0466. The number of hydrogen-bond donors (Lipinski definition) is 3. The van der Waals surface area contributed by atoms with Gasteiger partial charge in [-0.2, -0.15) is 5.10 Å². The summed E-state index contributed by atoms with van der Waals surface area (Å²) in [6, 6.07) is 4.27. The summed E-state index contributed by atoms with van der Waals surface area (Å²) in [6.45, 7) is 1.03. The van der Waals surface area contributed by atoms with Crippen LogP contribution in [0.4, 0.5) is 10.1 Å². The van der Waals surface area contributed by atoms with E-state index >= 15 is 0 Å². The summed E-state index contributed by atoms with van der Waals surface area (Å²) in [6.07, 6.45) is 0. The number of amides is 1. The largest absolute Gasteiger partial charge is 0.471 e. The number of carbonyl (C=O) groups is 1. The number of hydrogen-bond acceptors (Lipinski definition) is 4. The van der Waals surface area contributed by atoms with Gasteiger partial charge in [0.25, 0.3) is 5.91 Å². The van der Waals surface area contributed by atoms with E-state index in [4.69, 9.17) is 21.4 Å². The predicted octanol–water partition coefficient (Wildman–Crippen LogP) is 3.07. The summed E-state index contributed by atoms with van der Waals surface area (Å²) < 4.78 is 29.7. The topological polar surface area (TPSA) is 114 Å². The molecule has 1 aromatic heterocycles. The molecule has 0 aliphatic heterocycles. The van der Waals surface area contributed by atoms with Crippen LogP contribution in [-0.4, -0.2) is 25.5 Å². The Morgan fingerprint density at radius 2 is 2.21 bits per heavy atom. The third-order valence-corrected chi connectivity index (χ3v) is 4.59. The number of anilines is 1. The van der Waals surface area contributed by atoms with Crippen molar-refractivity contribution < 1.29 is 28.1 Å². The zero-order valence-electron chi connectivity index (χ0n) is 12.0. The van der Waals surface area contributed by atoms with Crippen LogP contribution in [-0.2, 0) is 15.8 Å². The Kier molecular flexibility index (Phi) is 5.79. The summed E-state index contributed by atoms with van der Waals surface area (Å²) in [7, 11) is -4.73. The Morgan fingerprint density at radius 1 is 1.54 bits per heavy atom. The summed E-state index contributed by atoms with van der Waals surface area (Å²) in [5.74, 6) is -1.38. The van der Waals surface area contributed by atoms with Crippen molar-refractivity contribution in [1.29, 1.82) is 0 Å². The number of halogens is 3. The molecule has 2 aromatic rings. The van der Waals surface area contributed by atoms with Gasteiger partial charge in [-0.3, -0.25) is 9.32 Å². The Bertz CT molecular complexity index is 840. The molecule has 0 saturated carbocycles. The van der Waals surface area contributed by atoms with Gasteiger partial charge in [-0.15, -0.1) is 0 Å². The molecule has 0 saturated heterocycles. The van der Waals surface area contributed by atoms with Gasteiger partial charge in [0.2, 0.25) is 0 Å². The first-order valence-electron chi connectivity index (χ1n) is 6.28. The van der Waals surface area contributed by atoms with Gasteiger partial charge in [0.1, 0.15) is 11.0 Å². The fraction of sp³-hybridized carbons (Fsp3) is 0.167. The molecule has 130 valence electrons. The first-order chi connectivity index (χ1) is 11.1. The third-order valence-electron chi connectivity index (χ3n) is 2.77. The van der Waals surface area contributed by atoms with Crippen molar-refractivity contribution in [2.24, 2.45) is 0 Å². The van der Waals surface area contributed by atoms with Crippen LogP contribution in [0.25, 0.3) is 0 Å². The normalized spacial score (nSPS) is 11.6. The van der Waals surface area contributed by atoms with Gasteiger partial charge in [0.05, 0.1) is 10.2 Å². The minimum Gasteiger partial charge on any atom is -0.318 e. The number of phosphoric ester groups is 1. The smallest absolute Gasteiger partial charge is 0.318 e. The lowest BCUT2D eigenvalue weighted by atomic mass is 10.2. The quantitative estimate of drug-likeness (QED) is 0.613. The monoisotopic (exact) mass is 441 g/mol. The van der Waals surface area contributed by atoms with E-state index in [1.165, 1.54) is 12.1 Å². The van der Waals surface area contributed by atoms with Gasteiger partial charge in [-0.25, -0.2) is 13.6 Å². The van der Waals surface area contributed by atoms with E-state index in [-0.39, 0.29) is 21.0 Å². The third kappa shape index (κ3) is 4.62. The van der Waals surface area contributed by atoms with E-state index in [2.05, 4.69) is 30.9 Å². The molecule has 12 heteroatoms. The molecule has 1 aromatic carbocycles.